The van der Waals surface area contributed by atoms with Gasteiger partial charge in [0.1, 0.15) is 12.2 Å². The summed E-state index contributed by atoms with van der Waals surface area (Å²) in [6.07, 6.45) is -1.54. The standard InChI is InChI=1S/C26H30N2O6/c1-26(2,3)34-24(31)27-12-13-28(17(15-27)14-23(29)30)25(32)33-16-22-20-10-6-4-8-18(20)19-9-5-7-11-21(19)22/h4-11,17,22H,12-16H2,1-3H3,(H,29,30)/p-1/t17-/m1/s1. The molecule has 0 aromatic heterocycles. The van der Waals surface area contributed by atoms with Gasteiger partial charge in [0.05, 0.1) is 6.04 Å². The first-order chi connectivity index (χ1) is 16.1. The van der Waals surface area contributed by atoms with Crippen LogP contribution in [0.2, 0.25) is 0 Å². The fraction of sp³-hybridized carbons (Fsp3) is 0.423. The van der Waals surface area contributed by atoms with Gasteiger partial charge in [0, 0.05) is 37.9 Å². The van der Waals surface area contributed by atoms with Crippen molar-refractivity contribution in [3.8, 4) is 11.1 Å². The van der Waals surface area contributed by atoms with Gasteiger partial charge in [-0.15, -0.1) is 0 Å². The molecule has 0 spiro atoms. The summed E-state index contributed by atoms with van der Waals surface area (Å²) in [6, 6.07) is 15.3. The van der Waals surface area contributed by atoms with E-state index >= 15 is 0 Å². The fourth-order valence-corrected chi connectivity index (χ4v) is 4.63. The van der Waals surface area contributed by atoms with Crippen LogP contribution in [0.4, 0.5) is 9.59 Å². The van der Waals surface area contributed by atoms with Gasteiger partial charge in [-0.25, -0.2) is 9.59 Å². The molecule has 2 aliphatic rings. The van der Waals surface area contributed by atoms with Crippen molar-refractivity contribution in [3.63, 3.8) is 0 Å². The number of carbonyl (C=O) groups is 3. The van der Waals surface area contributed by atoms with Crippen LogP contribution >= 0.6 is 0 Å². The van der Waals surface area contributed by atoms with E-state index < -0.39 is 36.2 Å². The molecule has 0 radical (unpaired) electrons. The molecular weight excluding hydrogens is 436 g/mol. The topological polar surface area (TPSA) is 99.2 Å². The Morgan fingerprint density at radius 3 is 2.09 bits per heavy atom. The lowest BCUT2D eigenvalue weighted by Gasteiger charge is -2.41. The van der Waals surface area contributed by atoms with Crippen LogP contribution in [0.3, 0.4) is 0 Å². The summed E-state index contributed by atoms with van der Waals surface area (Å²) in [7, 11) is 0. The first kappa shape index (κ1) is 23.6. The van der Waals surface area contributed by atoms with Crippen LogP contribution < -0.4 is 5.11 Å². The monoisotopic (exact) mass is 465 g/mol. The number of rotatable bonds is 4. The molecular formula is C26H29N2O6-. The summed E-state index contributed by atoms with van der Waals surface area (Å²) in [5.41, 5.74) is 3.76. The lowest BCUT2D eigenvalue weighted by atomic mass is 9.98. The average Bonchev–Trinajstić information content (AvgIpc) is 3.09. The quantitative estimate of drug-likeness (QED) is 0.688. The lowest BCUT2D eigenvalue weighted by molar-refractivity contribution is -0.306. The number of ether oxygens (including phenoxy) is 2. The van der Waals surface area contributed by atoms with Crippen LogP contribution in [0.15, 0.2) is 48.5 Å². The van der Waals surface area contributed by atoms with Crippen molar-refractivity contribution in [1.82, 2.24) is 9.80 Å². The fourth-order valence-electron chi connectivity index (χ4n) is 4.63. The second-order valence-corrected chi connectivity index (χ2v) is 9.65. The third kappa shape index (κ3) is 5.00. The number of carboxylic acid groups (broad SMARTS) is 1. The zero-order valence-corrected chi connectivity index (χ0v) is 19.7. The molecule has 1 aliphatic carbocycles. The summed E-state index contributed by atoms with van der Waals surface area (Å²) in [4.78, 5) is 39.7. The van der Waals surface area contributed by atoms with Crippen LogP contribution in [0.25, 0.3) is 11.1 Å². The molecule has 1 heterocycles. The first-order valence-electron chi connectivity index (χ1n) is 11.4. The van der Waals surface area contributed by atoms with Crippen LogP contribution in [0, 0.1) is 0 Å². The Morgan fingerprint density at radius 2 is 1.53 bits per heavy atom. The van der Waals surface area contributed by atoms with Crippen molar-refractivity contribution < 1.29 is 29.0 Å². The molecule has 34 heavy (non-hydrogen) atoms. The predicted octanol–water partition coefficient (Wildman–Crippen LogP) is 3.00. The Labute approximate surface area is 199 Å². The third-order valence-electron chi connectivity index (χ3n) is 6.11. The number of benzene rings is 2. The molecule has 8 nitrogen and oxygen atoms in total. The van der Waals surface area contributed by atoms with Gasteiger partial charge in [0.25, 0.3) is 0 Å². The Morgan fingerprint density at radius 1 is 0.941 bits per heavy atom. The van der Waals surface area contributed by atoms with Gasteiger partial charge in [-0.05, 0) is 43.0 Å². The maximum absolute atomic E-state index is 13.0. The smallest absolute Gasteiger partial charge is 0.410 e. The Hall–Kier alpha value is -3.55. The van der Waals surface area contributed by atoms with Gasteiger partial charge in [-0.2, -0.15) is 0 Å². The number of amides is 2. The number of piperazine rings is 1. The number of carboxylic acids is 1. The molecule has 2 aromatic rings. The second-order valence-electron chi connectivity index (χ2n) is 9.65. The highest BCUT2D eigenvalue weighted by Crippen LogP contribution is 2.44. The van der Waals surface area contributed by atoms with E-state index in [4.69, 9.17) is 9.47 Å². The van der Waals surface area contributed by atoms with Gasteiger partial charge < -0.3 is 29.2 Å². The van der Waals surface area contributed by atoms with Crippen LogP contribution in [-0.2, 0) is 14.3 Å². The second kappa shape index (κ2) is 9.37. The minimum Gasteiger partial charge on any atom is -0.550 e. The molecule has 1 atom stereocenters. The Kier molecular flexibility index (Phi) is 6.50. The van der Waals surface area contributed by atoms with E-state index in [1.54, 1.807) is 20.8 Å². The normalized spacial score (nSPS) is 17.7. The van der Waals surface area contributed by atoms with E-state index in [0.29, 0.717) is 0 Å². The minimum atomic E-state index is -1.30. The molecule has 4 rings (SSSR count). The molecule has 0 N–H and O–H groups in total. The van der Waals surface area contributed by atoms with Gasteiger partial charge in [0.15, 0.2) is 0 Å². The van der Waals surface area contributed by atoms with E-state index in [1.165, 1.54) is 9.80 Å². The van der Waals surface area contributed by atoms with Gasteiger partial charge in [-0.3, -0.25) is 0 Å². The zero-order valence-electron chi connectivity index (χ0n) is 19.7. The molecule has 2 aromatic carbocycles. The Balaban J connectivity index is 1.45. The van der Waals surface area contributed by atoms with E-state index in [2.05, 4.69) is 12.1 Å². The molecule has 0 unspecified atom stereocenters. The highest BCUT2D eigenvalue weighted by molar-refractivity contribution is 5.79. The predicted molar refractivity (Wildman–Crippen MR) is 123 cm³/mol. The largest absolute Gasteiger partial charge is 0.550 e. The number of hydrogen-bond acceptors (Lipinski definition) is 6. The van der Waals surface area contributed by atoms with Gasteiger partial charge in [-0.1, -0.05) is 48.5 Å². The van der Waals surface area contributed by atoms with E-state index in [1.807, 2.05) is 36.4 Å². The van der Waals surface area contributed by atoms with Crippen LogP contribution in [-0.4, -0.2) is 65.8 Å². The number of aliphatic carboxylic acids is 1. The molecule has 180 valence electrons. The molecule has 0 bridgehead atoms. The summed E-state index contributed by atoms with van der Waals surface area (Å²) in [5.74, 6) is -1.40. The summed E-state index contributed by atoms with van der Waals surface area (Å²) in [6.45, 7) is 5.82. The zero-order chi connectivity index (χ0) is 24.5. The molecule has 1 aliphatic heterocycles. The lowest BCUT2D eigenvalue weighted by Crippen LogP contribution is -2.58. The van der Waals surface area contributed by atoms with E-state index in [9.17, 15) is 19.5 Å². The molecule has 2 amide bonds. The SMILES string of the molecule is CC(C)(C)OC(=O)N1CCN(C(=O)OCC2c3ccccc3-c3ccccc32)[C@H](CC(=O)[O-])C1. The highest BCUT2D eigenvalue weighted by Gasteiger charge is 2.36. The Bertz CT molecular complexity index is 1050. The number of nitrogens with zero attached hydrogens (tertiary/aromatic N) is 2. The molecule has 1 saturated heterocycles. The summed E-state index contributed by atoms with van der Waals surface area (Å²) in [5, 5.41) is 11.4. The third-order valence-corrected chi connectivity index (χ3v) is 6.11. The van der Waals surface area contributed by atoms with Crippen molar-refractivity contribution >= 4 is 18.2 Å². The number of carbonyl (C=O) groups excluding carboxylic acids is 3. The van der Waals surface area contributed by atoms with E-state index in [0.717, 1.165) is 22.3 Å². The molecule has 8 heteroatoms. The highest BCUT2D eigenvalue weighted by atomic mass is 16.6. The van der Waals surface area contributed by atoms with Crippen LogP contribution in [0.5, 0.6) is 0 Å². The number of hydrogen-bond donors (Lipinski definition) is 0. The van der Waals surface area contributed by atoms with Crippen molar-refractivity contribution in [3.05, 3.63) is 59.7 Å². The van der Waals surface area contributed by atoms with Crippen molar-refractivity contribution in [2.24, 2.45) is 0 Å². The van der Waals surface area contributed by atoms with Crippen LogP contribution in [0.1, 0.15) is 44.2 Å². The van der Waals surface area contributed by atoms with Gasteiger partial charge >= 0.3 is 12.2 Å². The molecule has 0 saturated carbocycles. The summed E-state index contributed by atoms with van der Waals surface area (Å²) >= 11 is 0. The maximum Gasteiger partial charge on any atom is 0.410 e. The summed E-state index contributed by atoms with van der Waals surface area (Å²) < 4.78 is 11.1. The van der Waals surface area contributed by atoms with Gasteiger partial charge in [0.2, 0.25) is 0 Å². The molecule has 1 fully saturated rings. The maximum atomic E-state index is 13.0. The van der Waals surface area contributed by atoms with Crippen molar-refractivity contribution in [2.75, 3.05) is 26.2 Å². The average molecular weight is 466 g/mol. The minimum absolute atomic E-state index is 0.0348. The van der Waals surface area contributed by atoms with Crippen molar-refractivity contribution in [1.29, 1.82) is 0 Å². The number of fused-ring (bicyclic) bond motifs is 3. The van der Waals surface area contributed by atoms with E-state index in [-0.39, 0.29) is 32.2 Å². The first-order valence-corrected chi connectivity index (χ1v) is 11.4. The van der Waals surface area contributed by atoms with Crippen molar-refractivity contribution in [2.45, 2.75) is 44.8 Å².